The second kappa shape index (κ2) is 15.7. The van der Waals surface area contributed by atoms with Crippen molar-refractivity contribution in [3.05, 3.63) is 115 Å². The summed E-state index contributed by atoms with van der Waals surface area (Å²) in [5, 5.41) is 17.6. The van der Waals surface area contributed by atoms with Gasteiger partial charge in [0.05, 0.1) is 28.9 Å². The van der Waals surface area contributed by atoms with Crippen LogP contribution in [0.4, 0.5) is 0 Å². The van der Waals surface area contributed by atoms with Gasteiger partial charge >= 0.3 is 0 Å². The average Bonchev–Trinajstić information content (AvgIpc) is 3.98. The van der Waals surface area contributed by atoms with Crippen LogP contribution in [0.1, 0.15) is 105 Å². The maximum atomic E-state index is 13.3. The summed E-state index contributed by atoms with van der Waals surface area (Å²) in [6.07, 6.45) is 8.75. The molecule has 296 valence electrons. The lowest BCUT2D eigenvalue weighted by Gasteiger charge is -2.32. The van der Waals surface area contributed by atoms with Crippen molar-refractivity contribution in [1.82, 2.24) is 39.7 Å². The number of halogens is 1. The minimum absolute atomic E-state index is 0.112. The molecule has 4 aliphatic rings. The van der Waals surface area contributed by atoms with Gasteiger partial charge in [0.25, 0.3) is 5.91 Å². The van der Waals surface area contributed by atoms with Crippen molar-refractivity contribution in [1.29, 1.82) is 0 Å². The smallest absolute Gasteiger partial charge is 0.255 e. The van der Waals surface area contributed by atoms with E-state index in [1.807, 2.05) is 67.3 Å². The van der Waals surface area contributed by atoms with Crippen molar-refractivity contribution in [2.75, 3.05) is 19.6 Å². The maximum absolute atomic E-state index is 13.3. The van der Waals surface area contributed by atoms with Crippen LogP contribution in [0.2, 0.25) is 5.02 Å². The predicted molar refractivity (Wildman–Crippen MR) is 222 cm³/mol. The molecule has 4 aliphatic heterocycles. The number of carbonyl (C=O) groups excluding carboxylic acids is 3. The maximum Gasteiger partial charge on any atom is 0.255 e. The third-order valence-corrected chi connectivity index (χ3v) is 13.5. The summed E-state index contributed by atoms with van der Waals surface area (Å²) >= 11 is 7.89. The molecule has 0 spiro atoms. The van der Waals surface area contributed by atoms with Crippen LogP contribution in [0.15, 0.2) is 59.9 Å². The number of nitrogens with one attached hydrogen (secondary N) is 1. The van der Waals surface area contributed by atoms with E-state index >= 15 is 0 Å². The van der Waals surface area contributed by atoms with Crippen molar-refractivity contribution in [3.8, 4) is 16.8 Å². The summed E-state index contributed by atoms with van der Waals surface area (Å²) in [4.78, 5) is 47.7. The molecule has 0 aliphatic carbocycles. The third-order valence-electron chi connectivity index (χ3n) is 12.0. The van der Waals surface area contributed by atoms with Gasteiger partial charge in [0.1, 0.15) is 22.9 Å². The SMILES string of the molecule is Cc1c(C#Cc2cnn(CCN3CCC(CCc4cccc5c4CN(C4CCC(=O)NC4=O)C5=O)CC3)c2)sc2c1C(c1ccc(Cl)cc1)=N[C@@H](C)c1nnc(C)n1-2. The van der Waals surface area contributed by atoms with Gasteiger partial charge in [-0.25, -0.2) is 0 Å². The van der Waals surface area contributed by atoms with Crippen LogP contribution in [0.5, 0.6) is 0 Å². The molecule has 0 radical (unpaired) electrons. The van der Waals surface area contributed by atoms with Gasteiger partial charge in [-0.1, -0.05) is 47.7 Å². The highest BCUT2D eigenvalue weighted by atomic mass is 35.5. The van der Waals surface area contributed by atoms with Crippen LogP contribution in [-0.2, 0) is 29.1 Å². The molecule has 2 atom stereocenters. The number of hydrogen-bond acceptors (Lipinski definition) is 9. The number of benzene rings is 2. The first-order chi connectivity index (χ1) is 28.1. The van der Waals surface area contributed by atoms with Gasteiger partial charge in [0.15, 0.2) is 5.82 Å². The molecule has 2 aromatic carbocycles. The molecular weight excluding hydrogens is 770 g/mol. The highest BCUT2D eigenvalue weighted by molar-refractivity contribution is 7.15. The molecule has 1 unspecified atom stereocenters. The number of fused-ring (bicyclic) bond motifs is 4. The zero-order valence-corrected chi connectivity index (χ0v) is 34.4. The molecule has 12 nitrogen and oxygen atoms in total. The molecule has 2 fully saturated rings. The molecular formula is C44H44ClN9O3S. The lowest BCUT2D eigenvalue weighted by Crippen LogP contribution is -2.52. The minimum Gasteiger partial charge on any atom is -0.322 e. The number of carbonyl (C=O) groups is 3. The van der Waals surface area contributed by atoms with E-state index in [9.17, 15) is 14.4 Å². The summed E-state index contributed by atoms with van der Waals surface area (Å²) in [6, 6.07) is 13.0. The minimum atomic E-state index is -0.590. The van der Waals surface area contributed by atoms with Crippen LogP contribution in [0.25, 0.3) is 5.00 Å². The third kappa shape index (κ3) is 7.29. The number of piperidine rings is 2. The molecule has 0 saturated carbocycles. The topological polar surface area (TPSA) is 131 Å². The molecule has 1 N–H and O–H groups in total. The Bertz CT molecular complexity index is 2530. The molecule has 2 saturated heterocycles. The van der Waals surface area contributed by atoms with Gasteiger partial charge in [0.2, 0.25) is 11.8 Å². The van der Waals surface area contributed by atoms with Crippen molar-refractivity contribution in [3.63, 3.8) is 0 Å². The van der Waals surface area contributed by atoms with E-state index in [0.717, 1.165) is 107 Å². The normalized spacial score (nSPS) is 19.6. The molecule has 0 bridgehead atoms. The molecule has 5 aromatic rings. The van der Waals surface area contributed by atoms with Crippen molar-refractivity contribution < 1.29 is 14.4 Å². The van der Waals surface area contributed by atoms with Crippen LogP contribution >= 0.6 is 22.9 Å². The fourth-order valence-electron chi connectivity index (χ4n) is 8.76. The summed E-state index contributed by atoms with van der Waals surface area (Å²) in [5.74, 6) is 8.32. The van der Waals surface area contributed by atoms with E-state index in [1.54, 1.807) is 16.2 Å². The average molecular weight is 814 g/mol. The van der Waals surface area contributed by atoms with Gasteiger partial charge in [0, 0.05) is 47.4 Å². The Labute approximate surface area is 346 Å². The number of imide groups is 1. The monoisotopic (exact) mass is 813 g/mol. The largest absolute Gasteiger partial charge is 0.322 e. The number of nitrogens with zero attached hydrogens (tertiary/aromatic N) is 8. The molecule has 3 aromatic heterocycles. The summed E-state index contributed by atoms with van der Waals surface area (Å²) in [7, 11) is 0. The number of amides is 3. The van der Waals surface area contributed by atoms with E-state index in [0.29, 0.717) is 29.5 Å². The Balaban J connectivity index is 0.804. The number of likely N-dealkylation sites (tertiary alicyclic amines) is 1. The second-order valence-electron chi connectivity index (χ2n) is 15.7. The van der Waals surface area contributed by atoms with Gasteiger partial charge in [-0.3, -0.25) is 33.9 Å². The lowest BCUT2D eigenvalue weighted by atomic mass is 9.89. The zero-order chi connectivity index (χ0) is 40.1. The molecule has 14 heteroatoms. The number of aryl methyl sites for hydroxylation is 2. The van der Waals surface area contributed by atoms with Gasteiger partial charge < -0.3 is 9.80 Å². The molecule has 7 heterocycles. The zero-order valence-electron chi connectivity index (χ0n) is 32.8. The molecule has 3 amide bonds. The summed E-state index contributed by atoms with van der Waals surface area (Å²) in [6.45, 7) is 10.4. The van der Waals surface area contributed by atoms with Crippen molar-refractivity contribution >= 4 is 46.4 Å². The fourth-order valence-corrected chi connectivity index (χ4v) is 10.1. The van der Waals surface area contributed by atoms with Crippen LogP contribution in [0.3, 0.4) is 0 Å². The van der Waals surface area contributed by atoms with E-state index in [-0.39, 0.29) is 30.2 Å². The lowest BCUT2D eigenvalue weighted by molar-refractivity contribution is -0.136. The van der Waals surface area contributed by atoms with Gasteiger partial charge in [-0.05, 0) is 107 Å². The highest BCUT2D eigenvalue weighted by Gasteiger charge is 2.40. The first kappa shape index (κ1) is 38.1. The van der Waals surface area contributed by atoms with Crippen LogP contribution < -0.4 is 5.32 Å². The second-order valence-corrected chi connectivity index (χ2v) is 17.2. The predicted octanol–water partition coefficient (Wildman–Crippen LogP) is 6.21. The highest BCUT2D eigenvalue weighted by Crippen LogP contribution is 2.39. The van der Waals surface area contributed by atoms with Crippen molar-refractivity contribution in [2.45, 2.75) is 84.5 Å². The van der Waals surface area contributed by atoms with Gasteiger partial charge in [-0.2, -0.15) is 5.10 Å². The van der Waals surface area contributed by atoms with Crippen LogP contribution in [0, 0.1) is 31.6 Å². The van der Waals surface area contributed by atoms with Gasteiger partial charge in [-0.15, -0.1) is 21.5 Å². The quantitative estimate of drug-likeness (QED) is 0.146. The molecule has 58 heavy (non-hydrogen) atoms. The van der Waals surface area contributed by atoms with E-state index < -0.39 is 6.04 Å². The number of rotatable bonds is 8. The summed E-state index contributed by atoms with van der Waals surface area (Å²) < 4.78 is 4.11. The Hall–Kier alpha value is -5.42. The number of thiophene rings is 1. The van der Waals surface area contributed by atoms with Crippen molar-refractivity contribution in [2.24, 2.45) is 10.9 Å². The Morgan fingerprint density at radius 2 is 1.79 bits per heavy atom. The number of aliphatic imine (C=N–C) groups is 1. The number of aromatic nitrogens is 5. The van der Waals surface area contributed by atoms with E-state index in [4.69, 9.17) is 16.6 Å². The fraction of sp³-hybridized carbons (Fsp3) is 0.386. The Morgan fingerprint density at radius 1 is 0.983 bits per heavy atom. The standard InChI is InChI=1S/C44H44ClN9O3S/c1-26-37(58-44-39(26)40(32-10-12-33(45)13-11-32)47-27(2)41-50-49-28(3)54(41)44)15-8-30-23-46-52(24-30)22-21-51-19-17-29(18-20-51)7-9-31-5-4-6-34-35(31)25-53(43(34)57)36-14-16-38(55)48-42(36)56/h4-6,10-13,23-24,27,29,36H,7,9,14,16-22,25H2,1-3H3,(H,48,55,56)/t27-,36?/m0/s1. The first-order valence-corrected chi connectivity index (χ1v) is 21.2. The Morgan fingerprint density at radius 3 is 2.59 bits per heavy atom. The summed E-state index contributed by atoms with van der Waals surface area (Å²) in [5.41, 5.74) is 7.80. The van der Waals surface area contributed by atoms with E-state index in [1.165, 1.54) is 5.56 Å². The first-order valence-electron chi connectivity index (χ1n) is 20.0. The van der Waals surface area contributed by atoms with Crippen LogP contribution in [-0.4, -0.2) is 83.5 Å². The van der Waals surface area contributed by atoms with E-state index in [2.05, 4.69) is 54.9 Å². The number of hydrogen-bond donors (Lipinski definition) is 1. The molecule has 9 rings (SSSR count). The Kier molecular flexibility index (Phi) is 10.3.